The van der Waals surface area contributed by atoms with Gasteiger partial charge in [0.1, 0.15) is 0 Å². The van der Waals surface area contributed by atoms with Crippen LogP contribution in [0.25, 0.3) is 0 Å². The molecule has 1 aromatic rings. The Morgan fingerprint density at radius 1 is 1.54 bits per heavy atom. The molecular formula is C8H12N2O3. The van der Waals surface area contributed by atoms with E-state index in [4.69, 9.17) is 9.63 Å². The molecule has 0 fully saturated rings. The molecule has 0 amide bonds. The third-order valence-corrected chi connectivity index (χ3v) is 2.07. The largest absolute Gasteiger partial charge is 0.481 e. The summed E-state index contributed by atoms with van der Waals surface area (Å²) >= 11 is 0. The van der Waals surface area contributed by atoms with Gasteiger partial charge in [-0.2, -0.15) is 4.98 Å². The van der Waals surface area contributed by atoms with Crippen LogP contribution in [-0.2, 0) is 4.79 Å². The van der Waals surface area contributed by atoms with Crippen LogP contribution in [-0.4, -0.2) is 21.2 Å². The molecule has 0 aliphatic heterocycles. The average molecular weight is 184 g/mol. The molecule has 1 aromatic heterocycles. The van der Waals surface area contributed by atoms with Crippen LogP contribution >= 0.6 is 0 Å². The van der Waals surface area contributed by atoms with Crippen molar-refractivity contribution in [2.75, 3.05) is 0 Å². The second-order valence-electron chi connectivity index (χ2n) is 3.10. The van der Waals surface area contributed by atoms with E-state index in [0.717, 1.165) is 0 Å². The first-order chi connectivity index (χ1) is 6.02. The molecular weight excluding hydrogens is 172 g/mol. The highest BCUT2D eigenvalue weighted by Crippen LogP contribution is 2.22. The Bertz CT molecular complexity index is 308. The van der Waals surface area contributed by atoms with Crippen molar-refractivity contribution in [3.63, 3.8) is 0 Å². The summed E-state index contributed by atoms with van der Waals surface area (Å²) in [6.45, 7) is 5.07. The maximum Gasteiger partial charge on any atom is 0.307 e. The summed E-state index contributed by atoms with van der Waals surface area (Å²) in [6, 6.07) is 0. The normalized spacial score (nSPS) is 15.3. The summed E-state index contributed by atoms with van der Waals surface area (Å²) in [5.74, 6) is -0.714. The SMILES string of the molecule is Cc1noc(C(C)C(C)C(=O)O)n1. The fourth-order valence-electron chi connectivity index (χ4n) is 0.926. The Labute approximate surface area is 75.8 Å². The van der Waals surface area contributed by atoms with Gasteiger partial charge in [0, 0.05) is 5.92 Å². The average Bonchev–Trinajstić information content (AvgIpc) is 2.49. The van der Waals surface area contributed by atoms with E-state index in [1.165, 1.54) is 0 Å². The predicted molar refractivity (Wildman–Crippen MR) is 44.2 cm³/mol. The van der Waals surface area contributed by atoms with Gasteiger partial charge in [-0.1, -0.05) is 19.0 Å². The smallest absolute Gasteiger partial charge is 0.307 e. The Morgan fingerprint density at radius 2 is 2.15 bits per heavy atom. The zero-order valence-corrected chi connectivity index (χ0v) is 7.81. The molecule has 0 aromatic carbocycles. The number of aliphatic carboxylic acids is 1. The van der Waals surface area contributed by atoms with Crippen LogP contribution in [0.15, 0.2) is 4.52 Å². The summed E-state index contributed by atoms with van der Waals surface area (Å²) in [4.78, 5) is 14.6. The summed E-state index contributed by atoms with van der Waals surface area (Å²) in [5.41, 5.74) is 0. The van der Waals surface area contributed by atoms with E-state index < -0.39 is 11.9 Å². The molecule has 5 nitrogen and oxygen atoms in total. The van der Waals surface area contributed by atoms with Crippen LogP contribution in [0.3, 0.4) is 0 Å². The fraction of sp³-hybridized carbons (Fsp3) is 0.625. The number of carboxylic acid groups (broad SMARTS) is 1. The van der Waals surface area contributed by atoms with Crippen molar-refractivity contribution >= 4 is 5.97 Å². The number of aryl methyl sites for hydroxylation is 1. The van der Waals surface area contributed by atoms with Crippen molar-refractivity contribution in [1.82, 2.24) is 10.1 Å². The van der Waals surface area contributed by atoms with Gasteiger partial charge in [0.25, 0.3) is 0 Å². The van der Waals surface area contributed by atoms with Gasteiger partial charge in [-0.25, -0.2) is 0 Å². The minimum absolute atomic E-state index is 0.251. The van der Waals surface area contributed by atoms with Gasteiger partial charge < -0.3 is 9.63 Å². The molecule has 0 bridgehead atoms. The topological polar surface area (TPSA) is 76.2 Å². The number of rotatable bonds is 3. The molecule has 2 unspecified atom stereocenters. The van der Waals surface area contributed by atoms with Gasteiger partial charge in [0.15, 0.2) is 5.82 Å². The van der Waals surface area contributed by atoms with Gasteiger partial charge in [-0.05, 0) is 6.92 Å². The quantitative estimate of drug-likeness (QED) is 0.763. The first-order valence-corrected chi connectivity index (χ1v) is 4.05. The highest BCUT2D eigenvalue weighted by molar-refractivity contribution is 5.70. The Balaban J connectivity index is 2.78. The van der Waals surface area contributed by atoms with E-state index in [2.05, 4.69) is 10.1 Å². The number of hydrogen-bond donors (Lipinski definition) is 1. The molecule has 5 heteroatoms. The lowest BCUT2D eigenvalue weighted by Gasteiger charge is -2.10. The molecule has 1 heterocycles. The van der Waals surface area contributed by atoms with Gasteiger partial charge >= 0.3 is 5.97 Å². The molecule has 1 rings (SSSR count). The van der Waals surface area contributed by atoms with Gasteiger partial charge in [-0.3, -0.25) is 4.79 Å². The molecule has 72 valence electrons. The summed E-state index contributed by atoms with van der Waals surface area (Å²) < 4.78 is 4.87. The maximum atomic E-state index is 10.6. The zero-order valence-electron chi connectivity index (χ0n) is 7.81. The van der Waals surface area contributed by atoms with Crippen LogP contribution in [0.4, 0.5) is 0 Å². The molecule has 0 saturated carbocycles. The second-order valence-corrected chi connectivity index (χ2v) is 3.10. The minimum atomic E-state index is -0.858. The van der Waals surface area contributed by atoms with Crippen molar-refractivity contribution in [3.8, 4) is 0 Å². The van der Waals surface area contributed by atoms with Crippen LogP contribution in [0.1, 0.15) is 31.5 Å². The Kier molecular flexibility index (Phi) is 2.65. The summed E-state index contributed by atoms with van der Waals surface area (Å²) in [7, 11) is 0. The first-order valence-electron chi connectivity index (χ1n) is 4.05. The molecule has 13 heavy (non-hydrogen) atoms. The van der Waals surface area contributed by atoms with Crippen LogP contribution in [0, 0.1) is 12.8 Å². The van der Waals surface area contributed by atoms with E-state index in [1.54, 1.807) is 20.8 Å². The maximum absolute atomic E-state index is 10.6. The fourth-order valence-corrected chi connectivity index (χ4v) is 0.926. The highest BCUT2D eigenvalue weighted by Gasteiger charge is 2.25. The molecule has 0 radical (unpaired) electrons. The van der Waals surface area contributed by atoms with Crippen molar-refractivity contribution in [2.24, 2.45) is 5.92 Å². The molecule has 1 N–H and O–H groups in total. The van der Waals surface area contributed by atoms with Crippen molar-refractivity contribution in [1.29, 1.82) is 0 Å². The van der Waals surface area contributed by atoms with Crippen molar-refractivity contribution in [2.45, 2.75) is 26.7 Å². The highest BCUT2D eigenvalue weighted by atomic mass is 16.5. The minimum Gasteiger partial charge on any atom is -0.481 e. The van der Waals surface area contributed by atoms with E-state index in [0.29, 0.717) is 11.7 Å². The van der Waals surface area contributed by atoms with Crippen LogP contribution in [0.2, 0.25) is 0 Å². The number of hydrogen-bond acceptors (Lipinski definition) is 4. The van der Waals surface area contributed by atoms with Crippen LogP contribution in [0.5, 0.6) is 0 Å². The van der Waals surface area contributed by atoms with Gasteiger partial charge in [0.05, 0.1) is 5.92 Å². The summed E-state index contributed by atoms with van der Waals surface area (Å²) in [6.07, 6.45) is 0. The van der Waals surface area contributed by atoms with Crippen molar-refractivity contribution < 1.29 is 14.4 Å². The van der Waals surface area contributed by atoms with E-state index in [1.807, 2.05) is 0 Å². The zero-order chi connectivity index (χ0) is 10.0. The summed E-state index contributed by atoms with van der Waals surface area (Å²) in [5, 5.41) is 12.3. The Morgan fingerprint density at radius 3 is 2.54 bits per heavy atom. The molecule has 0 aliphatic rings. The van der Waals surface area contributed by atoms with E-state index in [9.17, 15) is 4.79 Å². The number of nitrogens with zero attached hydrogens (tertiary/aromatic N) is 2. The lowest BCUT2D eigenvalue weighted by molar-refractivity contribution is -0.141. The first kappa shape index (κ1) is 9.70. The third-order valence-electron chi connectivity index (χ3n) is 2.07. The third kappa shape index (κ3) is 2.05. The second kappa shape index (κ2) is 3.55. The monoisotopic (exact) mass is 184 g/mol. The molecule has 2 atom stereocenters. The van der Waals surface area contributed by atoms with Gasteiger partial charge in [-0.15, -0.1) is 0 Å². The molecule has 0 spiro atoms. The standard InChI is InChI=1S/C8H12N2O3/c1-4(5(2)8(11)12)7-9-6(3)10-13-7/h4-5H,1-3H3,(H,11,12). The number of carboxylic acids is 1. The number of aromatic nitrogens is 2. The van der Waals surface area contributed by atoms with E-state index in [-0.39, 0.29) is 5.92 Å². The lowest BCUT2D eigenvalue weighted by Crippen LogP contribution is -2.16. The van der Waals surface area contributed by atoms with Crippen molar-refractivity contribution in [3.05, 3.63) is 11.7 Å². The van der Waals surface area contributed by atoms with Gasteiger partial charge in [0.2, 0.25) is 5.89 Å². The molecule has 0 saturated heterocycles. The molecule has 0 aliphatic carbocycles. The number of carbonyl (C=O) groups is 1. The van der Waals surface area contributed by atoms with Crippen LogP contribution < -0.4 is 0 Å². The predicted octanol–water partition coefficient (Wildman–Crippen LogP) is 1.20. The van der Waals surface area contributed by atoms with E-state index >= 15 is 0 Å². The lowest BCUT2D eigenvalue weighted by atomic mass is 9.96. The Hall–Kier alpha value is -1.39.